The fraction of sp³-hybridized carbons (Fsp3) is 0.583. The van der Waals surface area contributed by atoms with E-state index in [1.165, 1.54) is 5.56 Å². The topological polar surface area (TPSA) is 134 Å². The van der Waals surface area contributed by atoms with Crippen molar-refractivity contribution < 1.29 is 38.9 Å². The molecule has 2 saturated heterocycles. The van der Waals surface area contributed by atoms with Crippen LogP contribution >= 0.6 is 0 Å². The van der Waals surface area contributed by atoms with E-state index in [4.69, 9.17) is 29.3 Å². The number of benzene rings is 1. The number of nitrogens with zero attached hydrogens (tertiary/aromatic N) is 2. The number of carbonyl (C=O) groups excluding carboxylic acids is 2. The third-order valence-electron chi connectivity index (χ3n) is 6.09. The van der Waals surface area contributed by atoms with Gasteiger partial charge in [-0.15, -0.1) is 0 Å². The third kappa shape index (κ3) is 8.33. The normalized spacial score (nSPS) is 17.3. The Hall–Kier alpha value is -3.14. The van der Waals surface area contributed by atoms with Gasteiger partial charge in [0.25, 0.3) is 0 Å². The van der Waals surface area contributed by atoms with Gasteiger partial charge in [0, 0.05) is 25.6 Å². The predicted molar refractivity (Wildman–Crippen MR) is 122 cm³/mol. The molecule has 0 saturated carbocycles. The molecule has 0 radical (unpaired) electrons. The maximum atomic E-state index is 12.9. The van der Waals surface area contributed by atoms with E-state index in [-0.39, 0.29) is 23.7 Å². The predicted octanol–water partition coefficient (Wildman–Crippen LogP) is 1.86. The Labute approximate surface area is 199 Å². The molecule has 0 unspecified atom stereocenters. The minimum absolute atomic E-state index is 0.0475. The monoisotopic (exact) mass is 478 g/mol. The molecule has 2 heterocycles. The van der Waals surface area contributed by atoms with Gasteiger partial charge < -0.3 is 24.6 Å². The number of carboxylic acids is 2. The molecule has 3 rings (SSSR count). The molecule has 2 fully saturated rings. The zero-order valence-corrected chi connectivity index (χ0v) is 19.8. The lowest BCUT2D eigenvalue weighted by molar-refractivity contribution is -0.159. The number of hydrogen-bond donors (Lipinski definition) is 2. The molecule has 0 bridgehead atoms. The van der Waals surface area contributed by atoms with E-state index < -0.39 is 11.9 Å². The van der Waals surface area contributed by atoms with Crippen molar-refractivity contribution in [3.8, 4) is 5.75 Å². The molecule has 34 heavy (non-hydrogen) atoms. The number of aliphatic carboxylic acids is 2. The van der Waals surface area contributed by atoms with Crippen LogP contribution in [0.2, 0.25) is 0 Å². The standard InChI is InChI=1S/C22H32N2O4.C2H2O4/c1-3-28-22(26)19-9-13-24(14-10-19)21(25)18-7-11-23(12-8-18)16-17-5-4-6-20(15-17)27-2;3-1(4)2(5)6/h4-6,15,18-19H,3,7-14,16H2,1-2H3;(H,3,4)(H,5,6). The SMILES string of the molecule is CCOC(=O)C1CCN(C(=O)C2CCN(Cc3cccc(OC)c3)CC2)CC1.O=C(O)C(=O)O. The van der Waals surface area contributed by atoms with Gasteiger partial charge >= 0.3 is 17.9 Å². The maximum absolute atomic E-state index is 12.9. The smallest absolute Gasteiger partial charge is 0.414 e. The van der Waals surface area contributed by atoms with Gasteiger partial charge in [-0.1, -0.05) is 12.1 Å². The molecule has 0 atom stereocenters. The first-order valence-corrected chi connectivity index (χ1v) is 11.5. The number of rotatable bonds is 6. The summed E-state index contributed by atoms with van der Waals surface area (Å²) in [6.07, 6.45) is 3.25. The summed E-state index contributed by atoms with van der Waals surface area (Å²) in [5.41, 5.74) is 1.24. The first-order chi connectivity index (χ1) is 16.2. The van der Waals surface area contributed by atoms with E-state index in [1.54, 1.807) is 7.11 Å². The van der Waals surface area contributed by atoms with Gasteiger partial charge in [0.05, 0.1) is 19.6 Å². The second-order valence-electron chi connectivity index (χ2n) is 8.36. The zero-order valence-electron chi connectivity index (χ0n) is 19.8. The van der Waals surface area contributed by atoms with Gasteiger partial charge in [0.1, 0.15) is 5.75 Å². The Balaban J connectivity index is 0.000000604. The molecule has 2 N–H and O–H groups in total. The van der Waals surface area contributed by atoms with Crippen LogP contribution in [0.5, 0.6) is 5.75 Å². The van der Waals surface area contributed by atoms with Crippen LogP contribution in [-0.2, 0) is 30.5 Å². The molecule has 2 aliphatic heterocycles. The Bertz CT molecular complexity index is 831. The van der Waals surface area contributed by atoms with Crippen molar-refractivity contribution in [3.05, 3.63) is 29.8 Å². The summed E-state index contributed by atoms with van der Waals surface area (Å²) in [4.78, 5) is 47.3. The number of hydrogen-bond acceptors (Lipinski definition) is 7. The van der Waals surface area contributed by atoms with Crippen molar-refractivity contribution in [3.63, 3.8) is 0 Å². The lowest BCUT2D eigenvalue weighted by atomic mass is 9.92. The lowest BCUT2D eigenvalue weighted by Gasteiger charge is -2.36. The number of piperidine rings is 2. The van der Waals surface area contributed by atoms with Gasteiger partial charge in [-0.25, -0.2) is 9.59 Å². The molecule has 1 aromatic carbocycles. The van der Waals surface area contributed by atoms with Crippen LogP contribution < -0.4 is 4.74 Å². The fourth-order valence-electron chi connectivity index (χ4n) is 4.22. The van der Waals surface area contributed by atoms with Crippen LogP contribution in [0, 0.1) is 11.8 Å². The van der Waals surface area contributed by atoms with E-state index in [0.717, 1.165) is 51.1 Å². The van der Waals surface area contributed by atoms with Crippen molar-refractivity contribution in [2.75, 3.05) is 39.9 Å². The van der Waals surface area contributed by atoms with E-state index in [2.05, 4.69) is 17.0 Å². The average Bonchev–Trinajstić information content (AvgIpc) is 2.85. The highest BCUT2D eigenvalue weighted by Crippen LogP contribution is 2.25. The van der Waals surface area contributed by atoms with Gasteiger partial charge in [0.15, 0.2) is 0 Å². The number of carboxylic acid groups (broad SMARTS) is 2. The Morgan fingerprint density at radius 2 is 1.53 bits per heavy atom. The van der Waals surface area contributed by atoms with Crippen LogP contribution in [0.4, 0.5) is 0 Å². The van der Waals surface area contributed by atoms with Crippen LogP contribution in [0.1, 0.15) is 38.2 Å². The van der Waals surface area contributed by atoms with Gasteiger partial charge in [-0.2, -0.15) is 0 Å². The van der Waals surface area contributed by atoms with E-state index in [1.807, 2.05) is 24.0 Å². The zero-order chi connectivity index (χ0) is 25.1. The molecule has 1 amide bonds. The van der Waals surface area contributed by atoms with Crippen LogP contribution in [0.15, 0.2) is 24.3 Å². The van der Waals surface area contributed by atoms with Crippen molar-refractivity contribution in [1.82, 2.24) is 9.80 Å². The number of methoxy groups -OCH3 is 1. The summed E-state index contributed by atoms with van der Waals surface area (Å²) in [6, 6.07) is 8.17. The van der Waals surface area contributed by atoms with Crippen molar-refractivity contribution >= 4 is 23.8 Å². The van der Waals surface area contributed by atoms with E-state index >= 15 is 0 Å². The summed E-state index contributed by atoms with van der Waals surface area (Å²) in [5.74, 6) is -2.54. The molecular formula is C24H34N2O8. The second-order valence-corrected chi connectivity index (χ2v) is 8.36. The summed E-state index contributed by atoms with van der Waals surface area (Å²) in [7, 11) is 1.69. The number of esters is 1. The van der Waals surface area contributed by atoms with Crippen LogP contribution in [0.25, 0.3) is 0 Å². The van der Waals surface area contributed by atoms with Crippen LogP contribution in [-0.4, -0.2) is 83.7 Å². The molecule has 10 heteroatoms. The highest BCUT2D eigenvalue weighted by Gasteiger charge is 2.33. The first kappa shape index (κ1) is 27.1. The Kier molecular flexibility index (Phi) is 10.8. The molecule has 2 aliphatic rings. The Morgan fingerprint density at radius 3 is 2.06 bits per heavy atom. The summed E-state index contributed by atoms with van der Waals surface area (Å²) >= 11 is 0. The first-order valence-electron chi connectivity index (χ1n) is 11.5. The molecule has 10 nitrogen and oxygen atoms in total. The van der Waals surface area contributed by atoms with Gasteiger partial charge in [-0.3, -0.25) is 14.5 Å². The van der Waals surface area contributed by atoms with Crippen molar-refractivity contribution in [1.29, 1.82) is 0 Å². The lowest BCUT2D eigenvalue weighted by Crippen LogP contribution is -2.46. The number of carbonyl (C=O) groups is 4. The average molecular weight is 479 g/mol. The number of likely N-dealkylation sites (tertiary alicyclic amines) is 2. The molecule has 0 spiro atoms. The highest BCUT2D eigenvalue weighted by atomic mass is 16.5. The summed E-state index contributed by atoms with van der Waals surface area (Å²) in [5, 5.41) is 14.8. The molecule has 188 valence electrons. The third-order valence-corrected chi connectivity index (χ3v) is 6.09. The summed E-state index contributed by atoms with van der Waals surface area (Å²) in [6.45, 7) is 6.37. The van der Waals surface area contributed by atoms with E-state index in [0.29, 0.717) is 19.7 Å². The highest BCUT2D eigenvalue weighted by molar-refractivity contribution is 6.27. The Morgan fingerprint density at radius 1 is 0.941 bits per heavy atom. The molecule has 0 aromatic heterocycles. The number of amides is 1. The molecule has 0 aliphatic carbocycles. The van der Waals surface area contributed by atoms with Crippen molar-refractivity contribution in [2.45, 2.75) is 39.2 Å². The van der Waals surface area contributed by atoms with Crippen molar-refractivity contribution in [2.24, 2.45) is 11.8 Å². The van der Waals surface area contributed by atoms with Gasteiger partial charge in [-0.05, 0) is 63.4 Å². The summed E-state index contributed by atoms with van der Waals surface area (Å²) < 4.78 is 10.4. The largest absolute Gasteiger partial charge is 0.497 e. The second kappa shape index (κ2) is 13.5. The van der Waals surface area contributed by atoms with Crippen LogP contribution in [0.3, 0.4) is 0 Å². The maximum Gasteiger partial charge on any atom is 0.414 e. The number of ether oxygens (including phenoxy) is 2. The molecular weight excluding hydrogens is 444 g/mol. The quantitative estimate of drug-likeness (QED) is 0.464. The minimum Gasteiger partial charge on any atom is -0.497 e. The minimum atomic E-state index is -1.82. The van der Waals surface area contributed by atoms with Gasteiger partial charge in [0.2, 0.25) is 5.91 Å². The molecule has 1 aromatic rings. The fourth-order valence-corrected chi connectivity index (χ4v) is 4.22. The van der Waals surface area contributed by atoms with E-state index in [9.17, 15) is 9.59 Å².